The number of methoxy groups -OCH3 is 1. The van der Waals surface area contributed by atoms with Crippen LogP contribution in [0, 0.1) is 5.92 Å². The molecular formula is C22H19NO4. The predicted octanol–water partition coefficient (Wildman–Crippen LogP) is 4.12. The van der Waals surface area contributed by atoms with E-state index in [9.17, 15) is 9.59 Å². The molecule has 4 rings (SSSR count). The Morgan fingerprint density at radius 1 is 1.07 bits per heavy atom. The van der Waals surface area contributed by atoms with Crippen LogP contribution in [0.15, 0.2) is 59.1 Å². The second kappa shape index (κ2) is 7.19. The maximum atomic E-state index is 12.7. The van der Waals surface area contributed by atoms with Gasteiger partial charge in [-0.2, -0.15) is 0 Å². The molecule has 0 N–H and O–H groups in total. The number of nitrogens with zero attached hydrogens (tertiary/aromatic N) is 1. The quantitative estimate of drug-likeness (QED) is 0.516. The average molecular weight is 361 g/mol. The number of aromatic nitrogens is 1. The summed E-state index contributed by atoms with van der Waals surface area (Å²) in [5.41, 5.74) is 4.84. The molecule has 5 heteroatoms. The maximum Gasteiger partial charge on any atom is 0.375 e. The molecule has 0 amide bonds. The lowest BCUT2D eigenvalue weighted by molar-refractivity contribution is 0.0562. The minimum absolute atomic E-state index is 0.0234. The van der Waals surface area contributed by atoms with Gasteiger partial charge in [0.05, 0.1) is 13.3 Å². The molecule has 1 aliphatic rings. The molecular weight excluding hydrogens is 342 g/mol. The second-order valence-electron chi connectivity index (χ2n) is 6.67. The highest BCUT2D eigenvalue weighted by molar-refractivity contribution is 5.95. The number of ether oxygens (including phenoxy) is 1. The highest BCUT2D eigenvalue weighted by atomic mass is 16.5. The molecule has 1 atom stereocenters. The second-order valence-corrected chi connectivity index (χ2v) is 6.67. The molecule has 1 unspecified atom stereocenters. The first-order valence-corrected chi connectivity index (χ1v) is 8.91. The summed E-state index contributed by atoms with van der Waals surface area (Å²) in [6, 6.07) is 16.7. The normalized spacial score (nSPS) is 15.8. The number of esters is 1. The summed E-state index contributed by atoms with van der Waals surface area (Å²) >= 11 is 0. The molecule has 1 aliphatic carbocycles. The van der Waals surface area contributed by atoms with Gasteiger partial charge in [0.15, 0.2) is 0 Å². The van der Waals surface area contributed by atoms with Gasteiger partial charge in [-0.1, -0.05) is 48.5 Å². The Kier molecular flexibility index (Phi) is 4.59. The molecule has 0 radical (unpaired) electrons. The van der Waals surface area contributed by atoms with Gasteiger partial charge >= 0.3 is 5.97 Å². The molecule has 5 nitrogen and oxygen atoms in total. The standard InChI is InChI=1S/C22H19NO4/c1-26-22(25)19-13-23-21(27-19)20(24)18-10-9-16-11-15(7-8-17(16)12-18)14-5-3-2-4-6-14/h2-8,11,13,18H,9-10,12H2,1H3. The van der Waals surface area contributed by atoms with Crippen molar-refractivity contribution in [2.45, 2.75) is 19.3 Å². The SMILES string of the molecule is COC(=O)c1cnc(C(=O)C2CCc3cc(-c4ccccc4)ccc3C2)o1. The largest absolute Gasteiger partial charge is 0.463 e. The summed E-state index contributed by atoms with van der Waals surface area (Å²) in [5.74, 6) is -1.06. The Bertz CT molecular complexity index is 991. The molecule has 136 valence electrons. The number of fused-ring (bicyclic) bond motifs is 1. The third-order valence-corrected chi connectivity index (χ3v) is 5.02. The zero-order valence-electron chi connectivity index (χ0n) is 15.0. The highest BCUT2D eigenvalue weighted by Crippen LogP contribution is 2.31. The number of rotatable bonds is 4. The number of hydrogen-bond acceptors (Lipinski definition) is 5. The Labute approximate surface area is 157 Å². The van der Waals surface area contributed by atoms with Gasteiger partial charge in [0, 0.05) is 5.92 Å². The van der Waals surface area contributed by atoms with E-state index in [0.29, 0.717) is 6.42 Å². The summed E-state index contributed by atoms with van der Waals surface area (Å²) in [7, 11) is 1.26. The van der Waals surface area contributed by atoms with Crippen LogP contribution in [-0.4, -0.2) is 23.8 Å². The summed E-state index contributed by atoms with van der Waals surface area (Å²) in [4.78, 5) is 28.1. The highest BCUT2D eigenvalue weighted by Gasteiger charge is 2.29. The van der Waals surface area contributed by atoms with Crippen LogP contribution in [0.1, 0.15) is 38.8 Å². The Morgan fingerprint density at radius 3 is 2.67 bits per heavy atom. The number of oxazole rings is 1. The lowest BCUT2D eigenvalue weighted by atomic mass is 9.80. The van der Waals surface area contributed by atoms with Crippen LogP contribution in [0.5, 0.6) is 0 Å². The monoisotopic (exact) mass is 361 g/mol. The lowest BCUT2D eigenvalue weighted by Crippen LogP contribution is -2.23. The van der Waals surface area contributed by atoms with E-state index in [1.54, 1.807) is 0 Å². The van der Waals surface area contributed by atoms with Gasteiger partial charge < -0.3 is 9.15 Å². The van der Waals surface area contributed by atoms with E-state index >= 15 is 0 Å². The van der Waals surface area contributed by atoms with Crippen LogP contribution in [0.4, 0.5) is 0 Å². The third-order valence-electron chi connectivity index (χ3n) is 5.02. The van der Waals surface area contributed by atoms with Crippen molar-refractivity contribution in [3.05, 3.63) is 77.5 Å². The van der Waals surface area contributed by atoms with Crippen molar-refractivity contribution < 1.29 is 18.7 Å². The summed E-state index contributed by atoms with van der Waals surface area (Å²) < 4.78 is 9.87. The molecule has 0 bridgehead atoms. The average Bonchev–Trinajstić information content (AvgIpc) is 3.23. The molecule has 3 aromatic rings. The fraction of sp³-hybridized carbons (Fsp3) is 0.227. The smallest absolute Gasteiger partial charge is 0.375 e. The lowest BCUT2D eigenvalue weighted by Gasteiger charge is -2.23. The summed E-state index contributed by atoms with van der Waals surface area (Å²) in [6.45, 7) is 0. The number of carbonyl (C=O) groups is 2. The van der Waals surface area contributed by atoms with Gasteiger partial charge in [0.2, 0.25) is 11.5 Å². The van der Waals surface area contributed by atoms with E-state index in [0.717, 1.165) is 12.8 Å². The Hall–Kier alpha value is -3.21. The third kappa shape index (κ3) is 3.40. The molecule has 2 aromatic carbocycles. The van der Waals surface area contributed by atoms with Crippen molar-refractivity contribution in [1.29, 1.82) is 0 Å². The van der Waals surface area contributed by atoms with E-state index in [2.05, 4.69) is 40.1 Å². The van der Waals surface area contributed by atoms with E-state index in [1.807, 2.05) is 18.2 Å². The fourth-order valence-corrected chi connectivity index (χ4v) is 3.55. The molecule has 1 aromatic heterocycles. The molecule has 0 saturated heterocycles. The topological polar surface area (TPSA) is 69.4 Å². The fourth-order valence-electron chi connectivity index (χ4n) is 3.55. The summed E-state index contributed by atoms with van der Waals surface area (Å²) in [6.07, 6.45) is 3.46. The van der Waals surface area contributed by atoms with Gasteiger partial charge in [0.1, 0.15) is 0 Å². The van der Waals surface area contributed by atoms with Crippen LogP contribution in [0.3, 0.4) is 0 Å². The number of benzene rings is 2. The zero-order chi connectivity index (χ0) is 18.8. The number of Topliss-reactive ketones (excluding diaryl/α,β-unsaturated/α-hetero) is 1. The predicted molar refractivity (Wildman–Crippen MR) is 99.6 cm³/mol. The van der Waals surface area contributed by atoms with Crippen LogP contribution < -0.4 is 0 Å². The Morgan fingerprint density at radius 2 is 1.89 bits per heavy atom. The van der Waals surface area contributed by atoms with Crippen molar-refractivity contribution >= 4 is 11.8 Å². The molecule has 27 heavy (non-hydrogen) atoms. The van der Waals surface area contributed by atoms with E-state index in [1.165, 1.54) is 35.6 Å². The van der Waals surface area contributed by atoms with Crippen LogP contribution in [0.2, 0.25) is 0 Å². The molecule has 0 aliphatic heterocycles. The van der Waals surface area contributed by atoms with Crippen molar-refractivity contribution in [1.82, 2.24) is 4.98 Å². The van der Waals surface area contributed by atoms with Gasteiger partial charge in [-0.3, -0.25) is 4.79 Å². The van der Waals surface area contributed by atoms with Crippen LogP contribution >= 0.6 is 0 Å². The van der Waals surface area contributed by atoms with Gasteiger partial charge in [0.25, 0.3) is 5.89 Å². The van der Waals surface area contributed by atoms with Crippen molar-refractivity contribution in [3.63, 3.8) is 0 Å². The first kappa shape index (κ1) is 17.2. The van der Waals surface area contributed by atoms with Gasteiger partial charge in [-0.25, -0.2) is 9.78 Å². The molecule has 0 fully saturated rings. The van der Waals surface area contributed by atoms with Crippen molar-refractivity contribution in [3.8, 4) is 11.1 Å². The first-order valence-electron chi connectivity index (χ1n) is 8.91. The minimum Gasteiger partial charge on any atom is -0.463 e. The van der Waals surface area contributed by atoms with Gasteiger partial charge in [-0.05, 0) is 41.5 Å². The van der Waals surface area contributed by atoms with E-state index in [-0.39, 0.29) is 23.4 Å². The van der Waals surface area contributed by atoms with E-state index in [4.69, 9.17) is 4.42 Å². The first-order chi connectivity index (χ1) is 13.2. The van der Waals surface area contributed by atoms with Crippen LogP contribution in [-0.2, 0) is 17.6 Å². The number of aryl methyl sites for hydroxylation is 1. The molecule has 0 spiro atoms. The van der Waals surface area contributed by atoms with Crippen molar-refractivity contribution in [2.24, 2.45) is 5.92 Å². The molecule has 0 saturated carbocycles. The number of hydrogen-bond donors (Lipinski definition) is 0. The van der Waals surface area contributed by atoms with Crippen LogP contribution in [0.25, 0.3) is 11.1 Å². The van der Waals surface area contributed by atoms with E-state index < -0.39 is 5.97 Å². The van der Waals surface area contributed by atoms with Crippen molar-refractivity contribution in [2.75, 3.05) is 7.11 Å². The zero-order valence-corrected chi connectivity index (χ0v) is 15.0. The minimum atomic E-state index is -0.635. The number of carbonyl (C=O) groups excluding carboxylic acids is 2. The number of ketones is 1. The molecule has 1 heterocycles. The maximum absolute atomic E-state index is 12.7. The van der Waals surface area contributed by atoms with Gasteiger partial charge in [-0.15, -0.1) is 0 Å². The Balaban J connectivity index is 1.52. The summed E-state index contributed by atoms with van der Waals surface area (Å²) in [5, 5.41) is 0.